The van der Waals surface area contributed by atoms with Crippen molar-refractivity contribution in [3.05, 3.63) is 35.9 Å². The van der Waals surface area contributed by atoms with Crippen LogP contribution in [0.15, 0.2) is 35.5 Å². The average molecular weight is 199 g/mol. The zero-order chi connectivity index (χ0) is 10.7. The highest BCUT2D eigenvalue weighted by Gasteiger charge is 2.32. The first kappa shape index (κ1) is 9.47. The van der Waals surface area contributed by atoms with E-state index in [0.29, 0.717) is 12.1 Å². The molecule has 0 radical (unpaired) electrons. The highest BCUT2D eigenvalue weighted by molar-refractivity contribution is 6.14. The maximum absolute atomic E-state index is 11.3. The predicted octanol–water partition coefficient (Wildman–Crippen LogP) is 1.59. The third kappa shape index (κ3) is 1.75. The minimum absolute atomic E-state index is 0.326. The lowest BCUT2D eigenvalue weighted by molar-refractivity contribution is -0.143. The molecule has 3 nitrogen and oxygen atoms in total. The Morgan fingerprint density at radius 3 is 2.80 bits per heavy atom. The van der Waals surface area contributed by atoms with E-state index in [1.807, 2.05) is 30.3 Å². The molecule has 0 saturated carbocycles. The summed E-state index contributed by atoms with van der Waals surface area (Å²) in [6.07, 6.45) is 5.52. The number of carbonyl (C=O) groups is 1. The van der Waals surface area contributed by atoms with Gasteiger partial charge in [-0.3, -0.25) is 0 Å². The molecule has 0 N–H and O–H groups in total. The summed E-state index contributed by atoms with van der Waals surface area (Å²) in [4.78, 5) is 16.0. The number of oxime groups is 1. The number of nitrogens with zero attached hydrogens (tertiary/aromatic N) is 1. The minimum Gasteiger partial charge on any atom is -0.317 e. The molecule has 0 amide bonds. The Morgan fingerprint density at radius 2 is 2.13 bits per heavy atom. The number of carbonyl (C=O) groups excluding carboxylic acids is 1. The fourth-order valence-corrected chi connectivity index (χ4v) is 1.49. The predicted molar refractivity (Wildman–Crippen MR) is 56.0 cm³/mol. The molecule has 0 bridgehead atoms. The van der Waals surface area contributed by atoms with Crippen LogP contribution in [-0.4, -0.2) is 11.7 Å². The van der Waals surface area contributed by atoms with Crippen molar-refractivity contribution >= 4 is 11.7 Å². The molecule has 1 aliphatic rings. The van der Waals surface area contributed by atoms with Crippen LogP contribution in [0.3, 0.4) is 0 Å². The number of hydrogen-bond acceptors (Lipinski definition) is 3. The second-order valence-electron chi connectivity index (χ2n) is 3.21. The molecule has 1 unspecified atom stereocenters. The summed E-state index contributed by atoms with van der Waals surface area (Å²) < 4.78 is 0. The lowest BCUT2D eigenvalue weighted by Gasteiger charge is -2.04. The first-order chi connectivity index (χ1) is 7.33. The Morgan fingerprint density at radius 1 is 1.40 bits per heavy atom. The number of benzene rings is 1. The second-order valence-corrected chi connectivity index (χ2v) is 3.21. The van der Waals surface area contributed by atoms with Crippen molar-refractivity contribution in [1.82, 2.24) is 0 Å². The van der Waals surface area contributed by atoms with E-state index in [2.05, 4.69) is 15.9 Å². The molecule has 74 valence electrons. The van der Waals surface area contributed by atoms with Crippen LogP contribution in [0.4, 0.5) is 0 Å². The lowest BCUT2D eigenvalue weighted by atomic mass is 9.95. The Bertz CT molecular complexity index is 442. The molecular weight excluding hydrogens is 190 g/mol. The van der Waals surface area contributed by atoms with E-state index in [1.165, 1.54) is 0 Å². The third-order valence-electron chi connectivity index (χ3n) is 2.24. The molecule has 1 aromatic carbocycles. The van der Waals surface area contributed by atoms with Crippen LogP contribution in [0, 0.1) is 18.3 Å². The van der Waals surface area contributed by atoms with Gasteiger partial charge in [0.05, 0.1) is 0 Å². The standard InChI is InChI=1S/C12H9NO2/c1-2-6-10-11(13-15-12(10)14)9-7-4-3-5-8-9/h1,3-5,7-8,10H,6H2. The molecule has 1 atom stereocenters. The van der Waals surface area contributed by atoms with Gasteiger partial charge in [0.15, 0.2) is 0 Å². The SMILES string of the molecule is C#CCC1C(=O)ON=C1c1ccccc1. The van der Waals surface area contributed by atoms with Crippen molar-refractivity contribution in [2.45, 2.75) is 6.42 Å². The van der Waals surface area contributed by atoms with E-state index in [9.17, 15) is 4.79 Å². The first-order valence-corrected chi connectivity index (χ1v) is 4.60. The summed E-state index contributed by atoms with van der Waals surface area (Å²) in [5.41, 5.74) is 1.50. The smallest absolute Gasteiger partial charge is 0.317 e. The minimum atomic E-state index is -0.419. The molecule has 0 aromatic heterocycles. The van der Waals surface area contributed by atoms with Gasteiger partial charge in [-0.2, -0.15) is 0 Å². The van der Waals surface area contributed by atoms with Crippen LogP contribution in [0.25, 0.3) is 0 Å². The van der Waals surface area contributed by atoms with Crippen molar-refractivity contribution < 1.29 is 9.63 Å². The van der Waals surface area contributed by atoms with E-state index in [4.69, 9.17) is 6.42 Å². The van der Waals surface area contributed by atoms with Crippen LogP contribution in [0.1, 0.15) is 12.0 Å². The van der Waals surface area contributed by atoms with Gasteiger partial charge in [0.2, 0.25) is 0 Å². The fourth-order valence-electron chi connectivity index (χ4n) is 1.49. The number of rotatable bonds is 2. The molecule has 1 heterocycles. The molecule has 0 spiro atoms. The Kier molecular flexibility index (Phi) is 2.51. The molecule has 2 rings (SSSR count). The van der Waals surface area contributed by atoms with Crippen LogP contribution < -0.4 is 0 Å². The van der Waals surface area contributed by atoms with Gasteiger partial charge < -0.3 is 4.84 Å². The van der Waals surface area contributed by atoms with Gasteiger partial charge in [0, 0.05) is 12.0 Å². The van der Waals surface area contributed by atoms with Gasteiger partial charge in [0.25, 0.3) is 0 Å². The van der Waals surface area contributed by atoms with Crippen molar-refractivity contribution in [2.75, 3.05) is 0 Å². The molecule has 1 aromatic rings. The largest absolute Gasteiger partial charge is 0.345 e. The van der Waals surface area contributed by atoms with Crippen molar-refractivity contribution in [2.24, 2.45) is 11.1 Å². The summed E-state index contributed by atoms with van der Waals surface area (Å²) in [6.45, 7) is 0. The second kappa shape index (κ2) is 3.97. The van der Waals surface area contributed by atoms with Crippen LogP contribution in [0.2, 0.25) is 0 Å². The average Bonchev–Trinajstić information content (AvgIpc) is 2.63. The maximum atomic E-state index is 11.3. The Balaban J connectivity index is 2.31. The van der Waals surface area contributed by atoms with Gasteiger partial charge in [-0.05, 0) is 0 Å². The van der Waals surface area contributed by atoms with Crippen LogP contribution in [0.5, 0.6) is 0 Å². The van der Waals surface area contributed by atoms with Crippen LogP contribution >= 0.6 is 0 Å². The normalized spacial score (nSPS) is 19.3. The summed E-state index contributed by atoms with van der Waals surface area (Å²) in [5.74, 6) is 1.67. The summed E-state index contributed by atoms with van der Waals surface area (Å²) in [5, 5.41) is 3.76. The zero-order valence-corrected chi connectivity index (χ0v) is 8.01. The van der Waals surface area contributed by atoms with Gasteiger partial charge in [-0.1, -0.05) is 35.5 Å². The van der Waals surface area contributed by atoms with Gasteiger partial charge >= 0.3 is 5.97 Å². The van der Waals surface area contributed by atoms with Crippen molar-refractivity contribution in [1.29, 1.82) is 0 Å². The first-order valence-electron chi connectivity index (χ1n) is 4.60. The molecule has 0 saturated heterocycles. The highest BCUT2D eigenvalue weighted by Crippen LogP contribution is 2.20. The Labute approximate surface area is 87.7 Å². The summed E-state index contributed by atoms with van der Waals surface area (Å²) in [6, 6.07) is 9.42. The molecule has 3 heteroatoms. The molecule has 1 aliphatic heterocycles. The lowest BCUT2D eigenvalue weighted by Crippen LogP contribution is -2.18. The molecule has 0 fully saturated rings. The quantitative estimate of drug-likeness (QED) is 0.536. The summed E-state index contributed by atoms with van der Waals surface area (Å²) in [7, 11) is 0. The Hall–Kier alpha value is -2.08. The van der Waals surface area contributed by atoms with E-state index >= 15 is 0 Å². The van der Waals surface area contributed by atoms with E-state index < -0.39 is 5.92 Å². The third-order valence-corrected chi connectivity index (χ3v) is 2.24. The van der Waals surface area contributed by atoms with Crippen molar-refractivity contribution in [3.8, 4) is 12.3 Å². The zero-order valence-electron chi connectivity index (χ0n) is 8.01. The topological polar surface area (TPSA) is 38.7 Å². The molecule has 0 aliphatic carbocycles. The van der Waals surface area contributed by atoms with E-state index in [-0.39, 0.29) is 5.97 Å². The monoisotopic (exact) mass is 199 g/mol. The van der Waals surface area contributed by atoms with E-state index in [1.54, 1.807) is 0 Å². The van der Waals surface area contributed by atoms with Gasteiger partial charge in [0.1, 0.15) is 11.6 Å². The number of hydrogen-bond donors (Lipinski definition) is 0. The van der Waals surface area contributed by atoms with Gasteiger partial charge in [-0.25, -0.2) is 4.79 Å². The van der Waals surface area contributed by atoms with E-state index in [0.717, 1.165) is 5.56 Å². The maximum Gasteiger partial charge on any atom is 0.345 e. The van der Waals surface area contributed by atoms with Crippen molar-refractivity contribution in [3.63, 3.8) is 0 Å². The number of terminal acetylenes is 1. The molecular formula is C12H9NO2. The molecule has 15 heavy (non-hydrogen) atoms. The van der Waals surface area contributed by atoms with Gasteiger partial charge in [-0.15, -0.1) is 12.3 Å². The summed E-state index contributed by atoms with van der Waals surface area (Å²) >= 11 is 0. The van der Waals surface area contributed by atoms with Crippen LogP contribution in [-0.2, 0) is 9.63 Å². The highest BCUT2D eigenvalue weighted by atomic mass is 16.7. The fraction of sp³-hybridized carbons (Fsp3) is 0.167.